The summed E-state index contributed by atoms with van der Waals surface area (Å²) in [7, 11) is 0. The van der Waals surface area contributed by atoms with Gasteiger partial charge in [-0.05, 0) is 17.7 Å². The highest BCUT2D eigenvalue weighted by molar-refractivity contribution is 8.22. The maximum Gasteiger partial charge on any atom is 0.109 e. The van der Waals surface area contributed by atoms with Crippen molar-refractivity contribution in [1.29, 1.82) is 0 Å². The van der Waals surface area contributed by atoms with E-state index in [4.69, 9.17) is 4.99 Å². The SMILES string of the molecule is C(=C1\SC(c2ccccc2)=Nc2ccccc21)/c1ccccc1. The highest BCUT2D eigenvalue weighted by Crippen LogP contribution is 2.42. The number of hydrogen-bond donors (Lipinski definition) is 0. The minimum Gasteiger partial charge on any atom is -0.240 e. The highest BCUT2D eigenvalue weighted by atomic mass is 32.2. The summed E-state index contributed by atoms with van der Waals surface area (Å²) in [5.41, 5.74) is 4.60. The van der Waals surface area contributed by atoms with Gasteiger partial charge in [0.15, 0.2) is 0 Å². The minimum absolute atomic E-state index is 1.03. The topological polar surface area (TPSA) is 12.4 Å². The lowest BCUT2D eigenvalue weighted by Gasteiger charge is -2.18. The molecule has 0 unspecified atom stereocenters. The molecule has 0 atom stereocenters. The Morgan fingerprint density at radius 3 is 2.13 bits per heavy atom. The fourth-order valence-corrected chi connectivity index (χ4v) is 3.67. The average Bonchev–Trinajstić information content (AvgIpc) is 2.63. The Hall–Kier alpha value is -2.58. The smallest absolute Gasteiger partial charge is 0.109 e. The largest absolute Gasteiger partial charge is 0.240 e. The van der Waals surface area contributed by atoms with Gasteiger partial charge < -0.3 is 0 Å². The van der Waals surface area contributed by atoms with Gasteiger partial charge in [-0.25, -0.2) is 4.99 Å². The number of aliphatic imine (C=N–C) groups is 1. The van der Waals surface area contributed by atoms with Crippen LogP contribution in [-0.2, 0) is 0 Å². The van der Waals surface area contributed by atoms with Crippen molar-refractivity contribution >= 4 is 33.5 Å². The van der Waals surface area contributed by atoms with Crippen LogP contribution < -0.4 is 0 Å². The molecule has 0 fully saturated rings. The normalized spacial score (nSPS) is 15.1. The standard InChI is InChI=1S/C21H15NS/c1-3-9-16(10-4-1)15-20-18-13-7-8-14-19(18)22-21(23-20)17-11-5-2-6-12-17/h1-15H/b20-15+. The van der Waals surface area contributed by atoms with Crippen molar-refractivity contribution in [1.82, 2.24) is 0 Å². The molecule has 0 N–H and O–H groups in total. The molecule has 0 radical (unpaired) electrons. The molecule has 1 heterocycles. The van der Waals surface area contributed by atoms with Crippen LogP contribution in [0.2, 0.25) is 0 Å². The van der Waals surface area contributed by atoms with Crippen LogP contribution in [0.5, 0.6) is 0 Å². The molecule has 0 aromatic heterocycles. The predicted molar refractivity (Wildman–Crippen MR) is 101 cm³/mol. The molecule has 1 aliphatic heterocycles. The van der Waals surface area contributed by atoms with Crippen LogP contribution in [0.1, 0.15) is 16.7 Å². The number of benzene rings is 3. The average molecular weight is 313 g/mol. The van der Waals surface area contributed by atoms with Crippen molar-refractivity contribution in [2.75, 3.05) is 0 Å². The van der Waals surface area contributed by atoms with Crippen molar-refractivity contribution in [3.63, 3.8) is 0 Å². The fraction of sp³-hybridized carbons (Fsp3) is 0. The van der Waals surface area contributed by atoms with Gasteiger partial charge >= 0.3 is 0 Å². The first-order valence-corrected chi connectivity index (χ1v) is 8.40. The van der Waals surface area contributed by atoms with E-state index >= 15 is 0 Å². The number of rotatable bonds is 2. The van der Waals surface area contributed by atoms with Crippen molar-refractivity contribution in [3.05, 3.63) is 102 Å². The minimum atomic E-state index is 1.03. The van der Waals surface area contributed by atoms with Gasteiger partial charge in [-0.15, -0.1) is 0 Å². The maximum absolute atomic E-state index is 4.85. The first kappa shape index (κ1) is 14.0. The summed E-state index contributed by atoms with van der Waals surface area (Å²) in [6.07, 6.45) is 2.24. The molecule has 0 saturated carbocycles. The van der Waals surface area contributed by atoms with Gasteiger partial charge in [0.1, 0.15) is 5.04 Å². The van der Waals surface area contributed by atoms with Crippen molar-refractivity contribution in [2.45, 2.75) is 0 Å². The van der Waals surface area contributed by atoms with Crippen LogP contribution in [-0.4, -0.2) is 5.04 Å². The van der Waals surface area contributed by atoms with Crippen molar-refractivity contribution in [3.8, 4) is 0 Å². The summed E-state index contributed by atoms with van der Waals surface area (Å²) in [4.78, 5) is 6.08. The number of fused-ring (bicyclic) bond motifs is 1. The molecule has 110 valence electrons. The van der Waals surface area contributed by atoms with E-state index in [0.29, 0.717) is 0 Å². The Kier molecular flexibility index (Phi) is 3.83. The summed E-state index contributed by atoms with van der Waals surface area (Å²) in [5, 5.41) is 1.05. The number of thioether (sulfide) groups is 1. The van der Waals surface area contributed by atoms with Gasteiger partial charge in [-0.3, -0.25) is 0 Å². The quantitative estimate of drug-likeness (QED) is 0.564. The first-order valence-electron chi connectivity index (χ1n) is 7.58. The Bertz CT molecular complexity index is 880. The van der Waals surface area contributed by atoms with E-state index in [1.165, 1.54) is 16.0 Å². The summed E-state index contributed by atoms with van der Waals surface area (Å²) in [5.74, 6) is 0. The third-order valence-corrected chi connectivity index (χ3v) is 4.79. The van der Waals surface area contributed by atoms with Crippen LogP contribution >= 0.6 is 11.8 Å². The van der Waals surface area contributed by atoms with Crippen LogP contribution in [0.4, 0.5) is 5.69 Å². The summed E-state index contributed by atoms with van der Waals surface area (Å²) in [6, 6.07) is 29.1. The molecular formula is C21H15NS. The molecular weight excluding hydrogens is 298 g/mol. The van der Waals surface area contributed by atoms with E-state index < -0.39 is 0 Å². The maximum atomic E-state index is 4.85. The van der Waals surface area contributed by atoms with Gasteiger partial charge in [0.05, 0.1) is 5.69 Å². The molecule has 4 rings (SSSR count). The fourth-order valence-electron chi connectivity index (χ4n) is 2.58. The van der Waals surface area contributed by atoms with E-state index in [2.05, 4.69) is 72.8 Å². The van der Waals surface area contributed by atoms with E-state index in [-0.39, 0.29) is 0 Å². The molecule has 3 aromatic rings. The third kappa shape index (κ3) is 2.99. The molecule has 23 heavy (non-hydrogen) atoms. The lowest BCUT2D eigenvalue weighted by Crippen LogP contribution is -2.00. The van der Waals surface area contributed by atoms with E-state index in [1.54, 1.807) is 11.8 Å². The second-order valence-electron chi connectivity index (χ2n) is 5.32. The number of hydrogen-bond acceptors (Lipinski definition) is 2. The molecule has 3 aromatic carbocycles. The van der Waals surface area contributed by atoms with E-state index in [0.717, 1.165) is 16.3 Å². The Morgan fingerprint density at radius 2 is 1.35 bits per heavy atom. The van der Waals surface area contributed by atoms with Gasteiger partial charge in [0, 0.05) is 16.0 Å². The monoisotopic (exact) mass is 313 g/mol. The third-order valence-electron chi connectivity index (χ3n) is 3.72. The molecule has 0 saturated heterocycles. The predicted octanol–water partition coefficient (Wildman–Crippen LogP) is 6.01. The van der Waals surface area contributed by atoms with Gasteiger partial charge in [0.2, 0.25) is 0 Å². The van der Waals surface area contributed by atoms with Crippen molar-refractivity contribution < 1.29 is 0 Å². The lowest BCUT2D eigenvalue weighted by molar-refractivity contribution is 1.49. The molecule has 2 heteroatoms. The molecule has 0 bridgehead atoms. The highest BCUT2D eigenvalue weighted by Gasteiger charge is 2.18. The Morgan fingerprint density at radius 1 is 0.696 bits per heavy atom. The van der Waals surface area contributed by atoms with E-state index in [9.17, 15) is 0 Å². The molecule has 1 nitrogen and oxygen atoms in total. The summed E-state index contributed by atoms with van der Waals surface area (Å²) in [6.45, 7) is 0. The van der Waals surface area contributed by atoms with Crippen LogP contribution in [0.3, 0.4) is 0 Å². The van der Waals surface area contributed by atoms with Crippen LogP contribution in [0, 0.1) is 0 Å². The van der Waals surface area contributed by atoms with Gasteiger partial charge in [-0.2, -0.15) is 0 Å². The molecule has 0 amide bonds. The Balaban J connectivity index is 1.83. The number of para-hydroxylation sites is 1. The van der Waals surface area contributed by atoms with Crippen molar-refractivity contribution in [2.24, 2.45) is 4.99 Å². The lowest BCUT2D eigenvalue weighted by atomic mass is 10.1. The summed E-state index contributed by atoms with van der Waals surface area (Å²) < 4.78 is 0. The molecule has 0 aliphatic carbocycles. The van der Waals surface area contributed by atoms with Gasteiger partial charge in [0.25, 0.3) is 0 Å². The zero-order valence-electron chi connectivity index (χ0n) is 12.5. The van der Waals surface area contributed by atoms with E-state index in [1.807, 2.05) is 18.2 Å². The Labute approximate surface area is 140 Å². The number of nitrogens with zero attached hydrogens (tertiary/aromatic N) is 1. The van der Waals surface area contributed by atoms with Crippen LogP contribution in [0.15, 0.2) is 89.9 Å². The zero-order chi connectivity index (χ0) is 15.5. The second kappa shape index (κ2) is 6.27. The molecule has 1 aliphatic rings. The zero-order valence-corrected chi connectivity index (χ0v) is 13.3. The van der Waals surface area contributed by atoms with Gasteiger partial charge in [-0.1, -0.05) is 90.6 Å². The first-order chi connectivity index (χ1) is 11.4. The molecule has 0 spiro atoms. The second-order valence-corrected chi connectivity index (χ2v) is 6.35. The van der Waals surface area contributed by atoms with Crippen LogP contribution in [0.25, 0.3) is 11.0 Å². The summed E-state index contributed by atoms with van der Waals surface area (Å²) >= 11 is 1.73.